The average molecular weight is 210 g/mol. The lowest BCUT2D eigenvalue weighted by atomic mass is 10.4. The Balaban J connectivity index is 2.99. The van der Waals surface area contributed by atoms with Crippen molar-refractivity contribution in [3.63, 3.8) is 0 Å². The molecule has 1 rings (SSSR count). The maximum atomic E-state index is 5.22. The third-order valence-corrected chi connectivity index (χ3v) is 2.18. The number of hydrogen-bond donors (Lipinski definition) is 1. The van der Waals surface area contributed by atoms with E-state index in [1.165, 1.54) is 0 Å². The fraction of sp³-hybridized carbons (Fsp3) is 0.600. The zero-order valence-corrected chi connectivity index (χ0v) is 9.74. The van der Waals surface area contributed by atoms with E-state index in [1.807, 2.05) is 6.92 Å². The molecule has 0 spiro atoms. The largest absolute Gasteiger partial charge is 0.479 e. The maximum Gasteiger partial charge on any atom is 0.251 e. The van der Waals surface area contributed by atoms with Gasteiger partial charge in [0.25, 0.3) is 5.88 Å². The van der Waals surface area contributed by atoms with Gasteiger partial charge < -0.3 is 9.64 Å². The molecule has 1 N–H and O–H groups in total. The highest BCUT2D eigenvalue weighted by Gasteiger charge is 2.13. The van der Waals surface area contributed by atoms with Crippen LogP contribution >= 0.6 is 0 Å². The van der Waals surface area contributed by atoms with Crippen molar-refractivity contribution in [3.05, 3.63) is 11.7 Å². The Morgan fingerprint density at radius 2 is 2.07 bits per heavy atom. The van der Waals surface area contributed by atoms with E-state index in [4.69, 9.17) is 4.74 Å². The van der Waals surface area contributed by atoms with Gasteiger partial charge in [-0.25, -0.2) is 10.4 Å². The van der Waals surface area contributed by atoms with Crippen molar-refractivity contribution >= 4 is 11.9 Å². The van der Waals surface area contributed by atoms with Gasteiger partial charge in [0.05, 0.1) is 19.0 Å². The molecule has 5 heteroatoms. The molecule has 0 saturated carbocycles. The van der Waals surface area contributed by atoms with Crippen molar-refractivity contribution in [2.45, 2.75) is 20.8 Å². The minimum atomic E-state index is 0.590. The highest BCUT2D eigenvalue weighted by molar-refractivity contribution is 6.29. The zero-order valence-electron chi connectivity index (χ0n) is 9.74. The summed E-state index contributed by atoms with van der Waals surface area (Å²) in [5.74, 6) is 1.38. The Morgan fingerprint density at radius 3 is 2.60 bits per heavy atom. The fourth-order valence-corrected chi connectivity index (χ4v) is 1.32. The van der Waals surface area contributed by atoms with Gasteiger partial charge in [0, 0.05) is 13.1 Å². The summed E-state index contributed by atoms with van der Waals surface area (Å²) in [6.45, 7) is 7.82. The summed E-state index contributed by atoms with van der Waals surface area (Å²) in [6, 6.07) is 0. The molecule has 0 aliphatic carbocycles. The highest BCUT2D eigenvalue weighted by atomic mass is 16.5. The molecule has 0 aromatic carbocycles. The number of hydrogen-bond acceptors (Lipinski definition) is 5. The van der Waals surface area contributed by atoms with Gasteiger partial charge in [-0.3, -0.25) is 0 Å². The molecule has 0 aromatic rings. The Kier molecular flexibility index (Phi) is 4.15. The second kappa shape index (κ2) is 5.38. The number of nitrogens with zero attached hydrogens (tertiary/aromatic N) is 3. The average Bonchev–Trinajstić information content (AvgIpc) is 2.43. The van der Waals surface area contributed by atoms with Crippen molar-refractivity contribution in [2.75, 3.05) is 20.2 Å². The third kappa shape index (κ3) is 2.71. The Bertz CT molecular complexity index is 303. The van der Waals surface area contributed by atoms with Crippen LogP contribution in [0.15, 0.2) is 21.8 Å². The predicted molar refractivity (Wildman–Crippen MR) is 61.7 cm³/mol. The first-order valence-electron chi connectivity index (χ1n) is 5.10. The summed E-state index contributed by atoms with van der Waals surface area (Å²) in [7, 11) is 1.61. The number of aliphatic imine (C=N–C) groups is 1. The zero-order chi connectivity index (χ0) is 11.3. The topological polar surface area (TPSA) is 49.2 Å². The van der Waals surface area contributed by atoms with E-state index in [0.29, 0.717) is 5.88 Å². The van der Waals surface area contributed by atoms with E-state index >= 15 is 0 Å². The molecule has 1 aliphatic rings. The van der Waals surface area contributed by atoms with E-state index in [1.54, 1.807) is 13.3 Å². The van der Waals surface area contributed by atoms with Crippen molar-refractivity contribution in [2.24, 2.45) is 10.1 Å². The van der Waals surface area contributed by atoms with Crippen LogP contribution in [0.5, 0.6) is 0 Å². The Labute approximate surface area is 90.5 Å². The van der Waals surface area contributed by atoms with Crippen LogP contribution in [-0.2, 0) is 4.74 Å². The summed E-state index contributed by atoms with van der Waals surface area (Å²) in [5, 5.41) is 4.08. The van der Waals surface area contributed by atoms with Gasteiger partial charge in [-0.15, -0.1) is 0 Å². The van der Waals surface area contributed by atoms with Crippen LogP contribution in [0.25, 0.3) is 0 Å². The van der Waals surface area contributed by atoms with E-state index in [9.17, 15) is 0 Å². The van der Waals surface area contributed by atoms with Crippen molar-refractivity contribution in [3.8, 4) is 0 Å². The predicted octanol–water partition coefficient (Wildman–Crippen LogP) is 1.15. The van der Waals surface area contributed by atoms with Gasteiger partial charge in [-0.1, -0.05) is 0 Å². The molecule has 1 heterocycles. The van der Waals surface area contributed by atoms with Crippen molar-refractivity contribution in [1.29, 1.82) is 0 Å². The molecule has 0 aromatic heterocycles. The number of ether oxygens (including phenoxy) is 1. The van der Waals surface area contributed by atoms with E-state index in [-0.39, 0.29) is 0 Å². The first-order chi connectivity index (χ1) is 7.22. The quantitative estimate of drug-likeness (QED) is 0.757. The van der Waals surface area contributed by atoms with Crippen LogP contribution in [0.2, 0.25) is 0 Å². The molecule has 0 atom stereocenters. The standard InChI is InChI=1S/C10H18N4O/c1-5-14(6-2)9-10(15-4)13-12-8(3)7-11-9/h7,13H,5-6H2,1-4H3. The molecule has 1 aliphatic heterocycles. The minimum absolute atomic E-state index is 0.590. The lowest BCUT2D eigenvalue weighted by Crippen LogP contribution is -2.25. The molecule has 5 nitrogen and oxygen atoms in total. The third-order valence-electron chi connectivity index (χ3n) is 2.18. The van der Waals surface area contributed by atoms with E-state index < -0.39 is 0 Å². The van der Waals surface area contributed by atoms with Crippen LogP contribution < -0.4 is 5.43 Å². The SMILES string of the molecule is CCN(CC)C1=C(OC)NN=C(C)C=N1. The number of rotatable bonds is 4. The van der Waals surface area contributed by atoms with Crippen LogP contribution in [-0.4, -0.2) is 37.0 Å². The second-order valence-electron chi connectivity index (χ2n) is 3.15. The molecular formula is C10H18N4O. The molecular weight excluding hydrogens is 192 g/mol. The number of nitrogens with one attached hydrogen (secondary N) is 1. The van der Waals surface area contributed by atoms with Crippen LogP contribution in [0.3, 0.4) is 0 Å². The lowest BCUT2D eigenvalue weighted by molar-refractivity contribution is 0.234. The van der Waals surface area contributed by atoms with Gasteiger partial charge in [0.1, 0.15) is 0 Å². The summed E-state index contributed by atoms with van der Waals surface area (Å²) >= 11 is 0. The monoisotopic (exact) mass is 210 g/mol. The van der Waals surface area contributed by atoms with Crippen LogP contribution in [0.1, 0.15) is 20.8 Å². The lowest BCUT2D eigenvalue weighted by Gasteiger charge is -2.22. The summed E-state index contributed by atoms with van der Waals surface area (Å²) < 4.78 is 5.22. The molecule has 0 amide bonds. The molecule has 0 bridgehead atoms. The van der Waals surface area contributed by atoms with E-state index in [0.717, 1.165) is 24.6 Å². The van der Waals surface area contributed by atoms with Gasteiger partial charge in [0.2, 0.25) is 0 Å². The molecule has 0 saturated heterocycles. The van der Waals surface area contributed by atoms with Gasteiger partial charge in [-0.05, 0) is 20.8 Å². The molecule has 0 unspecified atom stereocenters. The van der Waals surface area contributed by atoms with Gasteiger partial charge in [-0.2, -0.15) is 5.10 Å². The maximum absolute atomic E-state index is 5.22. The molecule has 84 valence electrons. The van der Waals surface area contributed by atoms with Gasteiger partial charge in [0.15, 0.2) is 5.82 Å². The van der Waals surface area contributed by atoms with Crippen LogP contribution in [0, 0.1) is 0 Å². The van der Waals surface area contributed by atoms with Gasteiger partial charge >= 0.3 is 0 Å². The van der Waals surface area contributed by atoms with Crippen molar-refractivity contribution in [1.82, 2.24) is 10.3 Å². The first-order valence-corrected chi connectivity index (χ1v) is 5.10. The molecule has 0 fully saturated rings. The molecule has 15 heavy (non-hydrogen) atoms. The van der Waals surface area contributed by atoms with E-state index in [2.05, 4.69) is 34.3 Å². The second-order valence-corrected chi connectivity index (χ2v) is 3.15. The van der Waals surface area contributed by atoms with Crippen molar-refractivity contribution < 1.29 is 4.74 Å². The number of hydrazone groups is 1. The highest BCUT2D eigenvalue weighted by Crippen LogP contribution is 2.12. The summed E-state index contributed by atoms with van der Waals surface area (Å²) in [5.41, 5.74) is 3.68. The summed E-state index contributed by atoms with van der Waals surface area (Å²) in [4.78, 5) is 6.47. The smallest absolute Gasteiger partial charge is 0.251 e. The fourth-order valence-electron chi connectivity index (χ4n) is 1.32. The Morgan fingerprint density at radius 1 is 1.40 bits per heavy atom. The first kappa shape index (κ1) is 11.6. The number of methoxy groups -OCH3 is 1. The minimum Gasteiger partial charge on any atom is -0.479 e. The van der Waals surface area contributed by atoms with Crippen LogP contribution in [0.4, 0.5) is 0 Å². The normalized spacial score (nSPS) is 15.6. The molecule has 0 radical (unpaired) electrons. The summed E-state index contributed by atoms with van der Waals surface area (Å²) in [6.07, 6.45) is 1.73. The Hall–Kier alpha value is -1.52.